The van der Waals surface area contributed by atoms with E-state index in [1.165, 1.54) is 25.3 Å². The van der Waals surface area contributed by atoms with Crippen LogP contribution in [0.3, 0.4) is 0 Å². The van der Waals surface area contributed by atoms with Crippen molar-refractivity contribution < 1.29 is 23.9 Å². The van der Waals surface area contributed by atoms with E-state index in [2.05, 4.69) is 21.2 Å². The average molecular weight is 542 g/mol. The zero-order valence-corrected chi connectivity index (χ0v) is 20.5. The first-order valence-electron chi connectivity index (χ1n) is 9.57. The fourth-order valence-electron chi connectivity index (χ4n) is 2.93. The number of halogens is 3. The van der Waals surface area contributed by atoms with Gasteiger partial charge in [-0.25, -0.2) is 9.69 Å². The van der Waals surface area contributed by atoms with Crippen LogP contribution >= 0.6 is 39.1 Å². The Hall–Kier alpha value is -2.55. The molecule has 1 fully saturated rings. The van der Waals surface area contributed by atoms with Gasteiger partial charge in [0.05, 0.1) is 33.4 Å². The van der Waals surface area contributed by atoms with Crippen molar-refractivity contribution in [2.45, 2.75) is 26.4 Å². The van der Waals surface area contributed by atoms with Crippen LogP contribution in [0.4, 0.5) is 10.5 Å². The highest BCUT2D eigenvalue weighted by Gasteiger charge is 2.38. The van der Waals surface area contributed by atoms with Crippen LogP contribution in [-0.2, 0) is 9.59 Å². The molecule has 0 aliphatic carbocycles. The van der Waals surface area contributed by atoms with Gasteiger partial charge in [-0.2, -0.15) is 0 Å². The number of nitrogens with one attached hydrogen (secondary N) is 1. The highest BCUT2D eigenvalue weighted by molar-refractivity contribution is 9.10. The number of ether oxygens (including phenoxy) is 2. The molecule has 168 valence electrons. The molecule has 1 heterocycles. The van der Waals surface area contributed by atoms with Crippen LogP contribution in [0.1, 0.15) is 25.8 Å². The number of hydrogen-bond donors (Lipinski definition) is 1. The lowest BCUT2D eigenvalue weighted by atomic mass is 10.1. The van der Waals surface area contributed by atoms with Gasteiger partial charge in [-0.15, -0.1) is 0 Å². The Kier molecular flexibility index (Phi) is 7.48. The van der Waals surface area contributed by atoms with E-state index in [1.807, 2.05) is 13.8 Å². The lowest BCUT2D eigenvalue weighted by molar-refractivity contribution is -0.122. The SMILES string of the molecule is CC[C@H](C)Oc1c(Br)cc(/C=C2\C(=O)NC(=O)N(c3cccc(Cl)c3Cl)C2=O)cc1OC. The van der Waals surface area contributed by atoms with Crippen molar-refractivity contribution in [1.82, 2.24) is 5.32 Å². The van der Waals surface area contributed by atoms with E-state index in [0.717, 1.165) is 11.3 Å². The van der Waals surface area contributed by atoms with E-state index in [9.17, 15) is 14.4 Å². The highest BCUT2D eigenvalue weighted by Crippen LogP contribution is 2.39. The van der Waals surface area contributed by atoms with E-state index in [1.54, 1.807) is 18.2 Å². The molecule has 1 saturated heterocycles. The molecule has 1 atom stereocenters. The summed E-state index contributed by atoms with van der Waals surface area (Å²) in [6.45, 7) is 3.93. The van der Waals surface area contributed by atoms with E-state index in [4.69, 9.17) is 32.7 Å². The molecule has 0 bridgehead atoms. The molecular weight excluding hydrogens is 523 g/mol. The molecule has 3 rings (SSSR count). The van der Waals surface area contributed by atoms with E-state index in [0.29, 0.717) is 21.5 Å². The van der Waals surface area contributed by atoms with Crippen molar-refractivity contribution in [3.63, 3.8) is 0 Å². The van der Waals surface area contributed by atoms with Gasteiger partial charge in [0.2, 0.25) is 0 Å². The molecule has 0 unspecified atom stereocenters. The number of carbonyl (C=O) groups excluding carboxylic acids is 3. The number of anilines is 1. The summed E-state index contributed by atoms with van der Waals surface area (Å²) in [5.41, 5.74) is 0.288. The summed E-state index contributed by atoms with van der Waals surface area (Å²) < 4.78 is 11.9. The predicted octanol–water partition coefficient (Wildman–Crippen LogP) is 5.61. The van der Waals surface area contributed by atoms with Crippen LogP contribution in [0, 0.1) is 0 Å². The summed E-state index contributed by atoms with van der Waals surface area (Å²) in [6.07, 6.45) is 2.11. The third-order valence-corrected chi connectivity index (χ3v) is 6.13. The summed E-state index contributed by atoms with van der Waals surface area (Å²) in [4.78, 5) is 38.8. The largest absolute Gasteiger partial charge is 0.493 e. The molecule has 32 heavy (non-hydrogen) atoms. The van der Waals surface area contributed by atoms with Gasteiger partial charge in [0.1, 0.15) is 5.57 Å². The average Bonchev–Trinajstić information content (AvgIpc) is 2.75. The first-order chi connectivity index (χ1) is 15.2. The summed E-state index contributed by atoms with van der Waals surface area (Å²) >= 11 is 15.7. The normalized spacial score (nSPS) is 16.2. The lowest BCUT2D eigenvalue weighted by Gasteiger charge is -2.27. The molecule has 1 aliphatic heterocycles. The topological polar surface area (TPSA) is 84.9 Å². The minimum absolute atomic E-state index is 0.0160. The second-order valence-electron chi connectivity index (χ2n) is 6.90. The van der Waals surface area contributed by atoms with Crippen molar-refractivity contribution in [3.05, 3.63) is 56.0 Å². The second-order valence-corrected chi connectivity index (χ2v) is 8.54. The second kappa shape index (κ2) is 9.94. The molecule has 0 radical (unpaired) electrons. The molecular formula is C22H19BrCl2N2O5. The molecule has 1 aliphatic rings. The summed E-state index contributed by atoms with van der Waals surface area (Å²) in [5.74, 6) is -0.741. The van der Waals surface area contributed by atoms with Crippen LogP contribution in [0.25, 0.3) is 6.08 Å². The number of benzene rings is 2. The zero-order valence-electron chi connectivity index (χ0n) is 17.4. The Labute approximate surface area is 203 Å². The van der Waals surface area contributed by atoms with Crippen LogP contribution < -0.4 is 19.7 Å². The Balaban J connectivity index is 2.04. The smallest absolute Gasteiger partial charge is 0.336 e. The Morgan fingerprint density at radius 2 is 1.94 bits per heavy atom. The maximum atomic E-state index is 13.1. The fourth-order valence-corrected chi connectivity index (χ4v) is 3.86. The van der Waals surface area contributed by atoms with Gasteiger partial charge in [-0.1, -0.05) is 36.2 Å². The van der Waals surface area contributed by atoms with Gasteiger partial charge in [0.15, 0.2) is 11.5 Å². The third kappa shape index (κ3) is 4.77. The van der Waals surface area contributed by atoms with Crippen molar-refractivity contribution in [2.75, 3.05) is 12.0 Å². The van der Waals surface area contributed by atoms with Crippen molar-refractivity contribution in [3.8, 4) is 11.5 Å². The van der Waals surface area contributed by atoms with Crippen LogP contribution in [0.2, 0.25) is 10.0 Å². The monoisotopic (exact) mass is 540 g/mol. The molecule has 2 aromatic rings. The Morgan fingerprint density at radius 3 is 2.59 bits per heavy atom. The minimum Gasteiger partial charge on any atom is -0.493 e. The Bertz CT molecular complexity index is 1140. The molecule has 4 amide bonds. The van der Waals surface area contributed by atoms with Gasteiger partial charge in [-0.3, -0.25) is 14.9 Å². The lowest BCUT2D eigenvalue weighted by Crippen LogP contribution is -2.54. The first-order valence-corrected chi connectivity index (χ1v) is 11.1. The van der Waals surface area contributed by atoms with E-state index in [-0.39, 0.29) is 27.4 Å². The van der Waals surface area contributed by atoms with Crippen LogP contribution in [0.5, 0.6) is 11.5 Å². The van der Waals surface area contributed by atoms with Gasteiger partial charge >= 0.3 is 6.03 Å². The van der Waals surface area contributed by atoms with Gasteiger partial charge in [0.25, 0.3) is 11.8 Å². The zero-order chi connectivity index (χ0) is 23.6. The quantitative estimate of drug-likeness (QED) is 0.379. The standard InChI is InChI=1S/C22H19BrCl2N2O5/c1-4-11(2)32-19-14(23)9-12(10-17(19)31-3)8-13-20(28)26-22(30)27(21(13)29)16-7-5-6-15(24)18(16)25/h5-11H,4H2,1-3H3,(H,26,28,30)/b13-8+/t11-/m0/s1. The number of amides is 4. The molecule has 7 nitrogen and oxygen atoms in total. The summed E-state index contributed by atoms with van der Waals surface area (Å²) in [5, 5.41) is 2.33. The Morgan fingerprint density at radius 1 is 1.22 bits per heavy atom. The van der Waals surface area contributed by atoms with Crippen LogP contribution in [-0.4, -0.2) is 31.1 Å². The number of rotatable bonds is 6. The molecule has 1 N–H and O–H groups in total. The number of methoxy groups -OCH3 is 1. The molecule has 0 aromatic heterocycles. The number of carbonyl (C=O) groups is 3. The van der Waals surface area contributed by atoms with Gasteiger partial charge in [-0.05, 0) is 65.2 Å². The number of imide groups is 2. The molecule has 10 heteroatoms. The summed E-state index contributed by atoms with van der Waals surface area (Å²) in [6, 6.07) is 6.91. The number of hydrogen-bond acceptors (Lipinski definition) is 5. The van der Waals surface area contributed by atoms with Gasteiger partial charge < -0.3 is 9.47 Å². The third-order valence-electron chi connectivity index (χ3n) is 4.73. The van der Waals surface area contributed by atoms with Gasteiger partial charge in [0, 0.05) is 0 Å². The molecule has 0 spiro atoms. The van der Waals surface area contributed by atoms with Crippen molar-refractivity contribution >= 4 is 68.7 Å². The van der Waals surface area contributed by atoms with Crippen molar-refractivity contribution in [2.24, 2.45) is 0 Å². The van der Waals surface area contributed by atoms with Crippen molar-refractivity contribution in [1.29, 1.82) is 0 Å². The van der Waals surface area contributed by atoms with Crippen LogP contribution in [0.15, 0.2) is 40.4 Å². The summed E-state index contributed by atoms with van der Waals surface area (Å²) in [7, 11) is 1.49. The first kappa shape index (κ1) is 24.1. The number of barbiturate groups is 1. The maximum absolute atomic E-state index is 13.1. The maximum Gasteiger partial charge on any atom is 0.336 e. The van der Waals surface area contributed by atoms with E-state index >= 15 is 0 Å². The fraction of sp³-hybridized carbons (Fsp3) is 0.227. The number of nitrogens with zero attached hydrogens (tertiary/aromatic N) is 1. The minimum atomic E-state index is -0.919. The molecule has 2 aromatic carbocycles. The highest BCUT2D eigenvalue weighted by atomic mass is 79.9. The number of urea groups is 1. The molecule has 0 saturated carbocycles. The predicted molar refractivity (Wildman–Crippen MR) is 127 cm³/mol. The van der Waals surface area contributed by atoms with E-state index < -0.39 is 17.8 Å².